The molecule has 100 valence electrons. The lowest BCUT2D eigenvalue weighted by Crippen LogP contribution is -2.32. The molecule has 0 atom stereocenters. The number of nitriles is 1. The Hall–Kier alpha value is -1.89. The molecule has 1 saturated heterocycles. The van der Waals surface area contributed by atoms with Crippen LogP contribution in [0.1, 0.15) is 43.2 Å². The standard InChI is InChI=1S/C15H17FN2O/c16-14-7-6-12(10-17)9-13(14)11-18-8-4-2-1-3-5-15(18)19/h6-7,9H,1-5,8,11H2. The first-order valence-corrected chi connectivity index (χ1v) is 6.67. The zero-order chi connectivity index (χ0) is 13.7. The smallest absolute Gasteiger partial charge is 0.222 e. The van der Waals surface area contributed by atoms with E-state index in [0.717, 1.165) is 25.7 Å². The van der Waals surface area contributed by atoms with Gasteiger partial charge in [0, 0.05) is 25.1 Å². The molecule has 2 rings (SSSR count). The van der Waals surface area contributed by atoms with E-state index in [0.29, 0.717) is 24.1 Å². The first-order valence-electron chi connectivity index (χ1n) is 6.67. The van der Waals surface area contributed by atoms with Crippen molar-refractivity contribution in [2.75, 3.05) is 6.54 Å². The second-order valence-electron chi connectivity index (χ2n) is 4.90. The van der Waals surface area contributed by atoms with Crippen molar-refractivity contribution in [2.24, 2.45) is 0 Å². The Morgan fingerprint density at radius 2 is 2.05 bits per heavy atom. The number of rotatable bonds is 2. The summed E-state index contributed by atoms with van der Waals surface area (Å²) < 4.78 is 13.7. The van der Waals surface area contributed by atoms with Gasteiger partial charge in [0.05, 0.1) is 11.6 Å². The van der Waals surface area contributed by atoms with Gasteiger partial charge in [0.25, 0.3) is 0 Å². The number of carbonyl (C=O) groups excluding carboxylic acids is 1. The second kappa shape index (κ2) is 6.33. The SMILES string of the molecule is N#Cc1ccc(F)c(CN2CCCCCCC2=O)c1. The average molecular weight is 260 g/mol. The fraction of sp³-hybridized carbons (Fsp3) is 0.467. The maximum absolute atomic E-state index is 13.7. The van der Waals surface area contributed by atoms with Crippen LogP contribution in [0.2, 0.25) is 0 Å². The summed E-state index contributed by atoms with van der Waals surface area (Å²) in [6.07, 6.45) is 4.63. The number of likely N-dealkylation sites (tertiary alicyclic amines) is 1. The minimum absolute atomic E-state index is 0.0847. The highest BCUT2D eigenvalue weighted by molar-refractivity contribution is 5.76. The highest BCUT2D eigenvalue weighted by Gasteiger charge is 2.17. The van der Waals surface area contributed by atoms with Gasteiger partial charge in [-0.05, 0) is 31.0 Å². The highest BCUT2D eigenvalue weighted by atomic mass is 19.1. The molecule has 0 unspecified atom stereocenters. The average Bonchev–Trinajstić information content (AvgIpc) is 2.40. The van der Waals surface area contributed by atoms with Crippen molar-refractivity contribution in [3.63, 3.8) is 0 Å². The number of amides is 1. The molecule has 1 aromatic rings. The van der Waals surface area contributed by atoms with E-state index in [1.54, 1.807) is 4.90 Å². The Labute approximate surface area is 112 Å². The Morgan fingerprint density at radius 3 is 2.84 bits per heavy atom. The quantitative estimate of drug-likeness (QED) is 0.820. The summed E-state index contributed by atoms with van der Waals surface area (Å²) in [6, 6.07) is 6.27. The number of nitrogens with zero attached hydrogens (tertiary/aromatic N) is 2. The lowest BCUT2D eigenvalue weighted by Gasteiger charge is -2.25. The summed E-state index contributed by atoms with van der Waals surface area (Å²) in [6.45, 7) is 0.940. The molecule has 0 aromatic heterocycles. The molecule has 1 aliphatic heterocycles. The van der Waals surface area contributed by atoms with Gasteiger partial charge in [-0.2, -0.15) is 5.26 Å². The van der Waals surface area contributed by atoms with Crippen molar-refractivity contribution in [1.82, 2.24) is 4.90 Å². The summed E-state index contributed by atoms with van der Waals surface area (Å²) in [5.41, 5.74) is 0.851. The Morgan fingerprint density at radius 1 is 1.26 bits per heavy atom. The van der Waals surface area contributed by atoms with Crippen LogP contribution < -0.4 is 0 Å². The fourth-order valence-electron chi connectivity index (χ4n) is 2.35. The molecule has 1 amide bonds. The van der Waals surface area contributed by atoms with E-state index >= 15 is 0 Å². The third kappa shape index (κ3) is 3.54. The summed E-state index contributed by atoms with van der Waals surface area (Å²) in [5.74, 6) is -0.268. The molecule has 0 spiro atoms. The molecule has 1 aliphatic rings. The van der Waals surface area contributed by atoms with E-state index in [1.165, 1.54) is 18.2 Å². The Balaban J connectivity index is 2.14. The van der Waals surface area contributed by atoms with Crippen LogP contribution in [-0.2, 0) is 11.3 Å². The van der Waals surface area contributed by atoms with E-state index in [1.807, 2.05) is 6.07 Å². The molecule has 1 aromatic carbocycles. The van der Waals surface area contributed by atoms with Crippen LogP contribution in [0.3, 0.4) is 0 Å². The summed E-state index contributed by atoms with van der Waals surface area (Å²) in [7, 11) is 0. The maximum atomic E-state index is 13.7. The molecule has 19 heavy (non-hydrogen) atoms. The third-order valence-corrected chi connectivity index (χ3v) is 3.46. The van der Waals surface area contributed by atoms with Crippen molar-refractivity contribution >= 4 is 5.91 Å². The van der Waals surface area contributed by atoms with Gasteiger partial charge in [-0.1, -0.05) is 12.8 Å². The van der Waals surface area contributed by atoms with Crippen LogP contribution in [-0.4, -0.2) is 17.4 Å². The Kier molecular flexibility index (Phi) is 4.51. The van der Waals surface area contributed by atoms with Crippen LogP contribution in [0.15, 0.2) is 18.2 Å². The summed E-state index contributed by atoms with van der Waals surface area (Å²) >= 11 is 0. The molecule has 0 bridgehead atoms. The van der Waals surface area contributed by atoms with Crippen LogP contribution >= 0.6 is 0 Å². The summed E-state index contributed by atoms with van der Waals surface area (Å²) in [5, 5.41) is 8.84. The normalized spacial score (nSPS) is 16.6. The molecular formula is C15H17FN2O. The van der Waals surface area contributed by atoms with Crippen molar-refractivity contribution in [1.29, 1.82) is 5.26 Å². The van der Waals surface area contributed by atoms with Gasteiger partial charge in [0.15, 0.2) is 0 Å². The number of halogens is 1. The molecule has 0 N–H and O–H groups in total. The number of hydrogen-bond acceptors (Lipinski definition) is 2. The van der Waals surface area contributed by atoms with Gasteiger partial charge < -0.3 is 4.90 Å². The predicted octanol–water partition coefficient (Wildman–Crippen LogP) is 2.99. The molecular weight excluding hydrogens is 243 g/mol. The number of hydrogen-bond donors (Lipinski definition) is 0. The molecule has 0 radical (unpaired) electrons. The van der Waals surface area contributed by atoms with Gasteiger partial charge in [0.2, 0.25) is 5.91 Å². The van der Waals surface area contributed by atoms with Crippen LogP contribution in [0, 0.1) is 17.1 Å². The van der Waals surface area contributed by atoms with Crippen molar-refractivity contribution in [3.8, 4) is 6.07 Å². The van der Waals surface area contributed by atoms with E-state index in [2.05, 4.69) is 0 Å². The largest absolute Gasteiger partial charge is 0.338 e. The lowest BCUT2D eigenvalue weighted by molar-refractivity contribution is -0.132. The van der Waals surface area contributed by atoms with Gasteiger partial charge in [0.1, 0.15) is 5.82 Å². The zero-order valence-electron chi connectivity index (χ0n) is 10.9. The lowest BCUT2D eigenvalue weighted by atomic mass is 10.1. The van der Waals surface area contributed by atoms with Gasteiger partial charge in [-0.15, -0.1) is 0 Å². The predicted molar refractivity (Wildman–Crippen MR) is 69.6 cm³/mol. The van der Waals surface area contributed by atoms with E-state index in [4.69, 9.17) is 5.26 Å². The molecule has 0 saturated carbocycles. The third-order valence-electron chi connectivity index (χ3n) is 3.46. The zero-order valence-corrected chi connectivity index (χ0v) is 10.9. The summed E-state index contributed by atoms with van der Waals surface area (Å²) in [4.78, 5) is 13.7. The number of benzene rings is 1. The fourth-order valence-corrected chi connectivity index (χ4v) is 2.35. The first-order chi connectivity index (χ1) is 9.20. The van der Waals surface area contributed by atoms with Crippen molar-refractivity contribution in [2.45, 2.75) is 38.6 Å². The first kappa shape index (κ1) is 13.5. The van der Waals surface area contributed by atoms with Gasteiger partial charge in [-0.25, -0.2) is 4.39 Å². The minimum Gasteiger partial charge on any atom is -0.338 e. The molecule has 3 nitrogen and oxygen atoms in total. The van der Waals surface area contributed by atoms with Crippen LogP contribution in [0.4, 0.5) is 4.39 Å². The molecule has 0 aliphatic carbocycles. The topological polar surface area (TPSA) is 44.1 Å². The Bertz CT molecular complexity index is 507. The van der Waals surface area contributed by atoms with Crippen LogP contribution in [0.5, 0.6) is 0 Å². The van der Waals surface area contributed by atoms with Gasteiger partial charge >= 0.3 is 0 Å². The molecule has 1 heterocycles. The van der Waals surface area contributed by atoms with Crippen LogP contribution in [0.25, 0.3) is 0 Å². The second-order valence-corrected chi connectivity index (χ2v) is 4.90. The molecule has 1 fully saturated rings. The van der Waals surface area contributed by atoms with Crippen molar-refractivity contribution < 1.29 is 9.18 Å². The highest BCUT2D eigenvalue weighted by Crippen LogP contribution is 2.17. The van der Waals surface area contributed by atoms with E-state index < -0.39 is 0 Å². The van der Waals surface area contributed by atoms with E-state index in [-0.39, 0.29) is 18.3 Å². The van der Waals surface area contributed by atoms with Gasteiger partial charge in [-0.3, -0.25) is 4.79 Å². The number of carbonyl (C=O) groups is 1. The minimum atomic E-state index is -0.353. The maximum Gasteiger partial charge on any atom is 0.222 e. The monoisotopic (exact) mass is 260 g/mol. The van der Waals surface area contributed by atoms with Crippen molar-refractivity contribution in [3.05, 3.63) is 35.1 Å². The van der Waals surface area contributed by atoms with E-state index in [9.17, 15) is 9.18 Å². The molecule has 4 heteroatoms.